The van der Waals surface area contributed by atoms with Crippen molar-refractivity contribution in [2.75, 3.05) is 13.1 Å². The Morgan fingerprint density at radius 2 is 1.91 bits per heavy atom. The van der Waals surface area contributed by atoms with Crippen molar-refractivity contribution < 1.29 is 4.79 Å². The third-order valence-electron chi connectivity index (χ3n) is 6.44. The highest BCUT2D eigenvalue weighted by atomic mass is 32.2. The minimum absolute atomic E-state index is 0.00973. The Morgan fingerprint density at radius 3 is 2.71 bits per heavy atom. The van der Waals surface area contributed by atoms with Crippen LogP contribution in [0.15, 0.2) is 64.5 Å². The molecular weight excluding hydrogens is 460 g/mol. The SMILES string of the molecule is CCCn1c(=O)c2ccccc2n2c(SC(C)C(=O)NC3CCN(Cc4ccccc4)C3)nnc12. The van der Waals surface area contributed by atoms with Crippen LogP contribution in [0.5, 0.6) is 0 Å². The van der Waals surface area contributed by atoms with Gasteiger partial charge in [0.15, 0.2) is 5.16 Å². The summed E-state index contributed by atoms with van der Waals surface area (Å²) < 4.78 is 3.57. The summed E-state index contributed by atoms with van der Waals surface area (Å²) in [6.45, 7) is 7.20. The van der Waals surface area contributed by atoms with Crippen molar-refractivity contribution in [2.45, 2.75) is 56.2 Å². The highest BCUT2D eigenvalue weighted by Crippen LogP contribution is 2.25. The quantitative estimate of drug-likeness (QED) is 0.382. The van der Waals surface area contributed by atoms with E-state index in [0.717, 1.165) is 38.0 Å². The molecule has 1 N–H and O–H groups in total. The summed E-state index contributed by atoms with van der Waals surface area (Å²) in [4.78, 5) is 28.4. The molecule has 8 nitrogen and oxygen atoms in total. The molecule has 4 aromatic rings. The smallest absolute Gasteiger partial charge is 0.262 e. The van der Waals surface area contributed by atoms with Crippen molar-refractivity contribution in [3.8, 4) is 0 Å². The molecule has 1 amide bonds. The van der Waals surface area contributed by atoms with Gasteiger partial charge in [0, 0.05) is 32.2 Å². The van der Waals surface area contributed by atoms with Gasteiger partial charge in [-0.2, -0.15) is 0 Å². The molecule has 2 aromatic carbocycles. The molecule has 2 atom stereocenters. The van der Waals surface area contributed by atoms with Crippen LogP contribution in [0.1, 0.15) is 32.3 Å². The number of rotatable bonds is 8. The number of carbonyl (C=O) groups excluding carboxylic acids is 1. The zero-order valence-corrected chi connectivity index (χ0v) is 20.9. The third-order valence-corrected chi connectivity index (χ3v) is 7.49. The monoisotopic (exact) mass is 490 g/mol. The molecule has 2 unspecified atom stereocenters. The van der Waals surface area contributed by atoms with Crippen molar-refractivity contribution >= 4 is 34.3 Å². The summed E-state index contributed by atoms with van der Waals surface area (Å²) in [6, 6.07) is 18.0. The minimum Gasteiger partial charge on any atom is -0.351 e. The number of aromatic nitrogens is 4. The number of likely N-dealkylation sites (tertiary alicyclic amines) is 1. The second-order valence-corrected chi connectivity index (χ2v) is 10.4. The summed E-state index contributed by atoms with van der Waals surface area (Å²) in [5, 5.41) is 12.8. The van der Waals surface area contributed by atoms with Crippen molar-refractivity contribution in [3.05, 3.63) is 70.5 Å². The number of nitrogens with zero attached hydrogens (tertiary/aromatic N) is 5. The number of carbonyl (C=O) groups is 1. The van der Waals surface area contributed by atoms with Gasteiger partial charge in [0.2, 0.25) is 11.7 Å². The molecule has 182 valence electrons. The molecule has 2 aromatic heterocycles. The van der Waals surface area contributed by atoms with E-state index in [0.29, 0.717) is 22.9 Å². The zero-order chi connectivity index (χ0) is 24.4. The second-order valence-electron chi connectivity index (χ2n) is 9.07. The lowest BCUT2D eigenvalue weighted by Crippen LogP contribution is -2.40. The number of hydrogen-bond acceptors (Lipinski definition) is 6. The molecule has 0 aliphatic carbocycles. The maximum atomic E-state index is 13.1. The van der Waals surface area contributed by atoms with Gasteiger partial charge in [-0.1, -0.05) is 61.2 Å². The molecule has 0 spiro atoms. The first-order valence-corrected chi connectivity index (χ1v) is 13.0. The van der Waals surface area contributed by atoms with Crippen molar-refractivity contribution in [3.63, 3.8) is 0 Å². The Morgan fingerprint density at radius 1 is 1.14 bits per heavy atom. The van der Waals surface area contributed by atoms with E-state index in [1.54, 1.807) is 4.57 Å². The van der Waals surface area contributed by atoms with E-state index in [2.05, 4.69) is 44.7 Å². The van der Waals surface area contributed by atoms with Gasteiger partial charge < -0.3 is 5.32 Å². The van der Waals surface area contributed by atoms with Gasteiger partial charge >= 0.3 is 0 Å². The first-order chi connectivity index (χ1) is 17.0. The minimum atomic E-state index is -0.351. The van der Waals surface area contributed by atoms with Crippen LogP contribution in [0.4, 0.5) is 0 Å². The van der Waals surface area contributed by atoms with E-state index in [1.807, 2.05) is 48.6 Å². The largest absolute Gasteiger partial charge is 0.351 e. The standard InChI is InChI=1S/C26H30N6O2S/c1-3-14-31-24(34)21-11-7-8-12-22(21)32-25(31)28-29-26(32)35-18(2)23(33)27-20-13-15-30(17-20)16-19-9-5-4-6-10-19/h4-12,18,20H,3,13-17H2,1-2H3,(H,27,33). The zero-order valence-electron chi connectivity index (χ0n) is 20.1. The Balaban J connectivity index is 1.30. The fourth-order valence-electron chi connectivity index (χ4n) is 4.70. The van der Waals surface area contributed by atoms with Crippen LogP contribution in [0.2, 0.25) is 0 Å². The van der Waals surface area contributed by atoms with Gasteiger partial charge in [-0.05, 0) is 37.5 Å². The molecule has 0 saturated carbocycles. The average molecular weight is 491 g/mol. The lowest BCUT2D eigenvalue weighted by molar-refractivity contribution is -0.120. The van der Waals surface area contributed by atoms with Crippen LogP contribution in [-0.2, 0) is 17.9 Å². The van der Waals surface area contributed by atoms with Gasteiger partial charge in [0.25, 0.3) is 5.56 Å². The fraction of sp³-hybridized carbons (Fsp3) is 0.385. The van der Waals surface area contributed by atoms with Crippen LogP contribution in [-0.4, -0.2) is 54.4 Å². The van der Waals surface area contributed by atoms with Crippen LogP contribution >= 0.6 is 11.8 Å². The molecule has 1 aliphatic rings. The topological polar surface area (TPSA) is 84.5 Å². The molecule has 9 heteroatoms. The first kappa shape index (κ1) is 23.6. The predicted octanol–water partition coefficient (Wildman–Crippen LogP) is 3.33. The van der Waals surface area contributed by atoms with Crippen molar-refractivity contribution in [2.24, 2.45) is 0 Å². The van der Waals surface area contributed by atoms with Gasteiger partial charge in [-0.25, -0.2) is 0 Å². The first-order valence-electron chi connectivity index (χ1n) is 12.1. The van der Waals surface area contributed by atoms with Crippen molar-refractivity contribution in [1.82, 2.24) is 29.4 Å². The van der Waals surface area contributed by atoms with Crippen molar-refractivity contribution in [1.29, 1.82) is 0 Å². The van der Waals surface area contributed by atoms with Crippen LogP contribution in [0.3, 0.4) is 0 Å². The average Bonchev–Trinajstić information content (AvgIpc) is 3.49. The number of thioether (sulfide) groups is 1. The maximum Gasteiger partial charge on any atom is 0.262 e. The molecule has 35 heavy (non-hydrogen) atoms. The third kappa shape index (κ3) is 4.83. The highest BCUT2D eigenvalue weighted by molar-refractivity contribution is 8.00. The number of hydrogen-bond donors (Lipinski definition) is 1. The summed E-state index contributed by atoms with van der Waals surface area (Å²) in [6.07, 6.45) is 1.75. The Labute approximate surface area is 208 Å². The van der Waals surface area contributed by atoms with Gasteiger partial charge in [-0.3, -0.25) is 23.5 Å². The summed E-state index contributed by atoms with van der Waals surface area (Å²) >= 11 is 1.37. The van der Waals surface area contributed by atoms with E-state index in [1.165, 1.54) is 17.3 Å². The number of amides is 1. The van der Waals surface area contributed by atoms with Gasteiger partial charge in [-0.15, -0.1) is 10.2 Å². The Bertz CT molecular complexity index is 1400. The van der Waals surface area contributed by atoms with E-state index in [-0.39, 0.29) is 22.8 Å². The normalized spacial score (nSPS) is 17.3. The van der Waals surface area contributed by atoms with Crippen LogP contribution < -0.4 is 10.9 Å². The van der Waals surface area contributed by atoms with E-state index in [4.69, 9.17) is 0 Å². The summed E-state index contributed by atoms with van der Waals surface area (Å²) in [5.41, 5.74) is 1.98. The molecule has 1 saturated heterocycles. The van der Waals surface area contributed by atoms with Gasteiger partial charge in [0.05, 0.1) is 16.2 Å². The number of fused-ring (bicyclic) bond motifs is 3. The fourth-order valence-corrected chi connectivity index (χ4v) is 5.57. The number of nitrogens with one attached hydrogen (secondary N) is 1. The summed E-state index contributed by atoms with van der Waals surface area (Å²) in [7, 11) is 0. The van der Waals surface area contributed by atoms with Gasteiger partial charge in [0.1, 0.15) is 0 Å². The molecule has 3 heterocycles. The highest BCUT2D eigenvalue weighted by Gasteiger charge is 2.27. The number of benzene rings is 2. The Hall–Kier alpha value is -3.17. The van der Waals surface area contributed by atoms with E-state index < -0.39 is 0 Å². The summed E-state index contributed by atoms with van der Waals surface area (Å²) in [5.74, 6) is 0.502. The molecular formula is C26H30N6O2S. The number of aryl methyl sites for hydroxylation is 1. The van der Waals surface area contributed by atoms with Crippen LogP contribution in [0, 0.1) is 0 Å². The molecule has 5 rings (SSSR count). The maximum absolute atomic E-state index is 13.1. The predicted molar refractivity (Wildman–Crippen MR) is 139 cm³/mol. The van der Waals surface area contributed by atoms with E-state index in [9.17, 15) is 9.59 Å². The molecule has 1 aliphatic heterocycles. The second kappa shape index (κ2) is 10.2. The number of para-hydroxylation sites is 1. The molecule has 1 fully saturated rings. The Kier molecular flexibility index (Phi) is 6.88. The lowest BCUT2D eigenvalue weighted by atomic mass is 10.2. The lowest BCUT2D eigenvalue weighted by Gasteiger charge is -2.18. The van der Waals surface area contributed by atoms with E-state index >= 15 is 0 Å². The molecule has 0 radical (unpaired) electrons. The van der Waals surface area contributed by atoms with Crippen LogP contribution in [0.25, 0.3) is 16.7 Å². The molecule has 0 bridgehead atoms.